The van der Waals surface area contributed by atoms with E-state index in [4.69, 9.17) is 20.3 Å². The van der Waals surface area contributed by atoms with Crippen molar-refractivity contribution < 1.29 is 29.9 Å². The fourth-order valence-corrected chi connectivity index (χ4v) is 4.22. The van der Waals surface area contributed by atoms with Crippen molar-refractivity contribution in [2.24, 2.45) is 0 Å². The number of thiophene rings is 2. The van der Waals surface area contributed by atoms with Crippen molar-refractivity contribution in [3.8, 4) is 10.4 Å². The number of benzene rings is 2. The molecule has 0 aliphatic rings. The Morgan fingerprint density at radius 2 is 0.917 bits per heavy atom. The molecule has 4 N–H and O–H groups in total. The molecule has 2 aromatic carbocycles. The third kappa shape index (κ3) is 36.2. The summed E-state index contributed by atoms with van der Waals surface area (Å²) in [4.78, 5) is 22.4. The second-order valence-electron chi connectivity index (χ2n) is 6.55. The van der Waals surface area contributed by atoms with Crippen LogP contribution in [0.3, 0.4) is 0 Å². The second kappa shape index (κ2) is 48.1. The number of carboxylic acid groups (broad SMARTS) is 2. The molecule has 2 aromatic heterocycles. The van der Waals surface area contributed by atoms with Gasteiger partial charge in [0.15, 0.2) is 0 Å². The van der Waals surface area contributed by atoms with Crippen molar-refractivity contribution in [1.29, 1.82) is 0 Å². The molecule has 0 unspecified atom stereocenters. The van der Waals surface area contributed by atoms with Gasteiger partial charge in [-0.15, -0.1) is 22.7 Å². The fraction of sp³-hybridized carbons (Fsp3) is 0.389. The Labute approximate surface area is 341 Å². The number of carboxylic acids is 2. The first-order valence-electron chi connectivity index (χ1n) is 16.0. The van der Waals surface area contributed by atoms with Gasteiger partial charge in [-0.05, 0) is 67.3 Å². The molecule has 0 spiro atoms. The standard InChI is InChI=1S/C11H8O2S.C6H5I.C5H5BO4S.2C2H5I.5C2H6/c12-11(13)10-7-6-9(14-10)8-4-2-1-3-5-8;7-6-4-2-1-3-5-6;7-5(8)3-1-2-4(11-3)6(9)10;2*1-2-3;5*1-2/h1-7H,(H,12,13);1-5H;1-2,9-10H,(H,7,8);2*2H2,1H3;5*1-2H3. The van der Waals surface area contributed by atoms with Gasteiger partial charge in [0.1, 0.15) is 9.75 Å². The molecule has 0 atom stereocenters. The van der Waals surface area contributed by atoms with Gasteiger partial charge in [-0.25, -0.2) is 9.59 Å². The third-order valence-corrected chi connectivity index (χ3v) is 6.65. The Balaban J connectivity index is -0.000000116. The number of hydrogen-bond acceptors (Lipinski definition) is 6. The average molecular weight is 1040 g/mol. The highest BCUT2D eigenvalue weighted by atomic mass is 127. The maximum atomic E-state index is 10.7. The molecule has 0 fully saturated rings. The lowest BCUT2D eigenvalue weighted by Crippen LogP contribution is -2.26. The van der Waals surface area contributed by atoms with Gasteiger partial charge in [0.25, 0.3) is 0 Å². The van der Waals surface area contributed by atoms with Crippen LogP contribution in [0, 0.1) is 3.57 Å². The van der Waals surface area contributed by atoms with E-state index < -0.39 is 19.1 Å². The smallest absolute Gasteiger partial charge is 0.477 e. The lowest BCUT2D eigenvalue weighted by Gasteiger charge is -1.93. The van der Waals surface area contributed by atoms with Crippen LogP contribution in [0.2, 0.25) is 0 Å². The summed E-state index contributed by atoms with van der Waals surface area (Å²) in [5.74, 6) is -1.92. The summed E-state index contributed by atoms with van der Waals surface area (Å²) < 4.78 is 3.97. The lowest BCUT2D eigenvalue weighted by atomic mass is 9.90. The third-order valence-electron chi connectivity index (χ3n) is 3.70. The Morgan fingerprint density at radius 3 is 1.17 bits per heavy atom. The summed E-state index contributed by atoms with van der Waals surface area (Å²) in [6, 6.07) is 26.2. The van der Waals surface area contributed by atoms with Gasteiger partial charge in [0.05, 0.1) is 0 Å². The average Bonchev–Trinajstić information content (AvgIpc) is 3.84. The summed E-state index contributed by atoms with van der Waals surface area (Å²) in [5.41, 5.74) is 1.06. The molecular formula is C36H58BI3O6S2. The van der Waals surface area contributed by atoms with E-state index in [0.717, 1.165) is 21.8 Å². The van der Waals surface area contributed by atoms with Crippen LogP contribution in [0.1, 0.15) is 102 Å². The molecule has 0 radical (unpaired) electrons. The van der Waals surface area contributed by atoms with Crippen molar-refractivity contribution in [3.05, 3.63) is 98.3 Å². The van der Waals surface area contributed by atoms with Gasteiger partial charge >= 0.3 is 19.1 Å². The van der Waals surface area contributed by atoms with Gasteiger partial charge in [-0.3, -0.25) is 0 Å². The van der Waals surface area contributed by atoms with E-state index >= 15 is 0 Å². The zero-order valence-electron chi connectivity index (χ0n) is 30.6. The Hall–Kier alpha value is -1.05. The first-order chi connectivity index (χ1) is 23.1. The zero-order chi connectivity index (χ0) is 38.9. The van der Waals surface area contributed by atoms with Crippen LogP contribution in [0.15, 0.2) is 84.9 Å². The van der Waals surface area contributed by atoms with Crippen LogP contribution in [0.25, 0.3) is 10.4 Å². The van der Waals surface area contributed by atoms with Gasteiger partial charge < -0.3 is 20.3 Å². The molecular weight excluding hydrogens is 984 g/mol. The van der Waals surface area contributed by atoms with Gasteiger partial charge in [-0.2, -0.15) is 0 Å². The SMILES string of the molecule is CC.CC.CC.CC.CC.CCI.CCI.Ic1ccccc1.O=C(O)c1ccc(-c2ccccc2)s1.O=C(O)c1ccc(B(O)O)s1. The lowest BCUT2D eigenvalue weighted by molar-refractivity contribution is 0.0691. The molecule has 274 valence electrons. The number of halogens is 3. The van der Waals surface area contributed by atoms with Gasteiger partial charge in [0, 0.05) is 13.2 Å². The van der Waals surface area contributed by atoms with Crippen LogP contribution in [-0.4, -0.2) is 48.2 Å². The summed E-state index contributed by atoms with van der Waals surface area (Å²) in [6.45, 7) is 24.2. The van der Waals surface area contributed by atoms with E-state index in [1.165, 1.54) is 35.9 Å². The van der Waals surface area contributed by atoms with Gasteiger partial charge in [-0.1, -0.05) is 183 Å². The molecule has 4 rings (SSSR count). The number of aromatic carboxylic acids is 2. The first kappa shape index (κ1) is 59.1. The molecule has 48 heavy (non-hydrogen) atoms. The maximum Gasteiger partial charge on any atom is 0.499 e. The van der Waals surface area contributed by atoms with Crippen LogP contribution in [-0.2, 0) is 0 Å². The Kier molecular flexibility index (Phi) is 59.2. The van der Waals surface area contributed by atoms with Crippen LogP contribution in [0.5, 0.6) is 0 Å². The van der Waals surface area contributed by atoms with Crippen molar-refractivity contribution in [3.63, 3.8) is 0 Å². The van der Waals surface area contributed by atoms with E-state index in [1.807, 2.05) is 124 Å². The predicted octanol–water partition coefficient (Wildman–Crippen LogP) is 12.5. The monoisotopic (exact) mass is 1040 g/mol. The minimum absolute atomic E-state index is 0.105. The Bertz CT molecular complexity index is 1170. The van der Waals surface area contributed by atoms with Gasteiger partial charge in [0.2, 0.25) is 0 Å². The van der Waals surface area contributed by atoms with Crippen molar-refractivity contribution in [1.82, 2.24) is 0 Å². The van der Waals surface area contributed by atoms with Crippen molar-refractivity contribution >= 4 is 114 Å². The van der Waals surface area contributed by atoms with E-state index in [-0.39, 0.29) is 9.65 Å². The molecule has 0 aliphatic heterocycles. The highest BCUT2D eigenvalue weighted by Crippen LogP contribution is 2.27. The van der Waals surface area contributed by atoms with E-state index in [9.17, 15) is 9.59 Å². The number of rotatable bonds is 4. The molecule has 0 amide bonds. The Morgan fingerprint density at radius 1 is 0.583 bits per heavy atom. The number of carbonyl (C=O) groups is 2. The zero-order valence-corrected chi connectivity index (χ0v) is 38.7. The molecule has 4 aromatic rings. The molecule has 12 heteroatoms. The molecule has 0 bridgehead atoms. The topological polar surface area (TPSA) is 115 Å². The van der Waals surface area contributed by atoms with Crippen molar-refractivity contribution in [2.75, 3.05) is 8.86 Å². The summed E-state index contributed by atoms with van der Waals surface area (Å²) in [5, 5.41) is 34.4. The quantitative estimate of drug-likeness (QED) is 0.0920. The minimum atomic E-state index is -1.58. The van der Waals surface area contributed by atoms with Crippen LogP contribution < -0.4 is 4.78 Å². The molecule has 0 aliphatic carbocycles. The number of hydrogen-bond donors (Lipinski definition) is 4. The summed E-state index contributed by atoms with van der Waals surface area (Å²) >= 11 is 9.00. The normalized spacial score (nSPS) is 7.77. The molecule has 0 saturated heterocycles. The molecule has 2 heterocycles. The van der Waals surface area contributed by atoms with Crippen LogP contribution >= 0.6 is 90.4 Å². The fourth-order valence-electron chi connectivity index (χ4n) is 2.23. The van der Waals surface area contributed by atoms with E-state index in [2.05, 4.69) is 93.8 Å². The maximum absolute atomic E-state index is 10.7. The second-order valence-corrected chi connectivity index (χ2v) is 13.0. The van der Waals surface area contributed by atoms with Crippen LogP contribution in [0.4, 0.5) is 0 Å². The minimum Gasteiger partial charge on any atom is -0.477 e. The van der Waals surface area contributed by atoms with E-state index in [1.54, 1.807) is 6.07 Å². The highest BCUT2D eigenvalue weighted by Gasteiger charge is 2.15. The largest absolute Gasteiger partial charge is 0.499 e. The predicted molar refractivity (Wildman–Crippen MR) is 243 cm³/mol. The van der Waals surface area contributed by atoms with E-state index in [0.29, 0.717) is 4.88 Å². The number of alkyl halides is 2. The van der Waals surface area contributed by atoms with Crippen molar-refractivity contribution in [2.45, 2.75) is 83.1 Å². The molecule has 6 nitrogen and oxygen atoms in total. The first-order valence-corrected chi connectivity index (χ1v) is 21.8. The molecule has 0 saturated carbocycles. The summed E-state index contributed by atoms with van der Waals surface area (Å²) in [6.07, 6.45) is 0. The highest BCUT2D eigenvalue weighted by molar-refractivity contribution is 14.1. The summed E-state index contributed by atoms with van der Waals surface area (Å²) in [7, 11) is -1.58.